The van der Waals surface area contributed by atoms with E-state index < -0.39 is 33.2 Å². The van der Waals surface area contributed by atoms with Crippen LogP contribution in [-0.4, -0.2) is 90.4 Å². The molecule has 0 bridgehead atoms. The topological polar surface area (TPSA) is 133 Å². The SMILES string of the molecule is CC(C)[C@@H]1CC[C@]2(NCC[C@@H]([C@H](C)O)N3CCS(=O)(=O)CC3)CC[C@]3(C)[C@H](CC[C@@H]4[C@@]5(C)CC[C@H](OC(=O)[C@H]6C[C@@H](C(=O)O)C6(C)C)C(C)(C)[C@@H]5CC[C@]43C)[C@@H]12. The molecule has 320 valence electrons. The second-order valence-corrected chi connectivity index (χ2v) is 25.1. The van der Waals surface area contributed by atoms with Crippen molar-refractivity contribution in [1.29, 1.82) is 0 Å². The molecule has 0 spiro atoms. The summed E-state index contributed by atoms with van der Waals surface area (Å²) in [5.74, 6) is 2.20. The van der Waals surface area contributed by atoms with Crippen molar-refractivity contribution in [3.05, 3.63) is 0 Å². The first-order valence-electron chi connectivity index (χ1n) is 22.8. The van der Waals surface area contributed by atoms with Crippen LogP contribution in [0.4, 0.5) is 0 Å². The van der Waals surface area contributed by atoms with Gasteiger partial charge in [-0.3, -0.25) is 14.5 Å². The smallest absolute Gasteiger partial charge is 0.309 e. The number of aliphatic carboxylic acids is 1. The predicted molar refractivity (Wildman–Crippen MR) is 221 cm³/mol. The summed E-state index contributed by atoms with van der Waals surface area (Å²) in [5, 5.41) is 24.8. The van der Waals surface area contributed by atoms with E-state index in [4.69, 9.17) is 4.74 Å². The average Bonchev–Trinajstić information content (AvgIpc) is 3.48. The van der Waals surface area contributed by atoms with Crippen LogP contribution in [0.2, 0.25) is 0 Å². The van der Waals surface area contributed by atoms with Crippen LogP contribution in [0.1, 0.15) is 146 Å². The Kier molecular flexibility index (Phi) is 11.1. The van der Waals surface area contributed by atoms with Crippen molar-refractivity contribution >= 4 is 21.8 Å². The van der Waals surface area contributed by atoms with E-state index in [-0.39, 0.29) is 62.7 Å². The van der Waals surface area contributed by atoms with Gasteiger partial charge in [-0.2, -0.15) is 0 Å². The van der Waals surface area contributed by atoms with E-state index in [1.807, 2.05) is 20.8 Å². The number of fused-ring (bicyclic) bond motifs is 7. The highest BCUT2D eigenvalue weighted by molar-refractivity contribution is 7.91. The number of carboxylic acids is 1. The molecule has 3 N–H and O–H groups in total. The maximum absolute atomic E-state index is 13.6. The van der Waals surface area contributed by atoms with Crippen LogP contribution in [0.15, 0.2) is 0 Å². The van der Waals surface area contributed by atoms with Crippen molar-refractivity contribution in [1.82, 2.24) is 10.2 Å². The van der Waals surface area contributed by atoms with E-state index in [0.29, 0.717) is 55.0 Å². The van der Waals surface area contributed by atoms with Gasteiger partial charge in [-0.25, -0.2) is 8.42 Å². The molecular weight excluding hydrogens is 725 g/mol. The Morgan fingerprint density at radius 3 is 2.09 bits per heavy atom. The molecule has 9 nitrogen and oxygen atoms in total. The molecule has 56 heavy (non-hydrogen) atoms. The first kappa shape index (κ1) is 42.9. The van der Waals surface area contributed by atoms with Crippen LogP contribution in [0.25, 0.3) is 0 Å². The Balaban J connectivity index is 1.07. The van der Waals surface area contributed by atoms with Gasteiger partial charge in [0.1, 0.15) is 6.10 Å². The summed E-state index contributed by atoms with van der Waals surface area (Å²) >= 11 is 0. The number of carbonyl (C=O) groups is 2. The van der Waals surface area contributed by atoms with Gasteiger partial charge in [0.2, 0.25) is 0 Å². The molecule has 0 amide bonds. The number of hydrogen-bond donors (Lipinski definition) is 3. The number of ether oxygens (including phenoxy) is 1. The Morgan fingerprint density at radius 2 is 1.48 bits per heavy atom. The Morgan fingerprint density at radius 1 is 0.804 bits per heavy atom. The quantitative estimate of drug-likeness (QED) is 0.191. The lowest BCUT2D eigenvalue weighted by atomic mass is 9.32. The van der Waals surface area contributed by atoms with Gasteiger partial charge in [-0.15, -0.1) is 0 Å². The summed E-state index contributed by atoms with van der Waals surface area (Å²) in [5.41, 5.74) is 0.00279. The first-order chi connectivity index (χ1) is 26.0. The number of nitrogens with one attached hydrogen (secondary N) is 1. The van der Waals surface area contributed by atoms with Crippen LogP contribution < -0.4 is 5.32 Å². The molecule has 0 radical (unpaired) electrons. The number of sulfone groups is 1. The fourth-order valence-corrected chi connectivity index (χ4v) is 17.3. The van der Waals surface area contributed by atoms with Gasteiger partial charge in [0, 0.05) is 30.1 Å². The van der Waals surface area contributed by atoms with Gasteiger partial charge in [0.15, 0.2) is 9.84 Å². The van der Waals surface area contributed by atoms with Gasteiger partial charge in [0.05, 0.1) is 29.4 Å². The second-order valence-electron chi connectivity index (χ2n) is 22.8. The number of aliphatic hydroxyl groups is 1. The molecule has 6 aliphatic carbocycles. The van der Waals surface area contributed by atoms with Crippen LogP contribution in [0.5, 0.6) is 0 Å². The van der Waals surface area contributed by atoms with Gasteiger partial charge < -0.3 is 20.3 Å². The van der Waals surface area contributed by atoms with E-state index in [9.17, 15) is 28.2 Å². The molecule has 0 aromatic rings. The van der Waals surface area contributed by atoms with Gasteiger partial charge >= 0.3 is 11.9 Å². The second kappa shape index (κ2) is 14.5. The third kappa shape index (κ3) is 6.57. The van der Waals surface area contributed by atoms with Crippen molar-refractivity contribution in [3.63, 3.8) is 0 Å². The molecule has 1 heterocycles. The van der Waals surface area contributed by atoms with Gasteiger partial charge in [-0.1, -0.05) is 62.3 Å². The number of nitrogens with zero attached hydrogens (tertiary/aromatic N) is 1. The zero-order valence-corrected chi connectivity index (χ0v) is 37.5. The number of hydrogen-bond acceptors (Lipinski definition) is 8. The van der Waals surface area contributed by atoms with E-state index in [2.05, 4.69) is 58.7 Å². The first-order valence-corrected chi connectivity index (χ1v) is 24.6. The summed E-state index contributed by atoms with van der Waals surface area (Å²) in [4.78, 5) is 27.7. The minimum absolute atomic E-state index is 0.0357. The van der Waals surface area contributed by atoms with Crippen LogP contribution in [0.3, 0.4) is 0 Å². The molecule has 6 saturated carbocycles. The lowest BCUT2D eigenvalue weighted by Gasteiger charge is -2.73. The maximum atomic E-state index is 13.6. The predicted octanol–water partition coefficient (Wildman–Crippen LogP) is 7.59. The lowest BCUT2D eigenvalue weighted by molar-refractivity contribution is -0.249. The van der Waals surface area contributed by atoms with Crippen molar-refractivity contribution in [2.75, 3.05) is 31.1 Å². The Bertz CT molecular complexity index is 1610. The molecule has 10 heteroatoms. The summed E-state index contributed by atoms with van der Waals surface area (Å²) in [7, 11) is -2.98. The zero-order chi connectivity index (χ0) is 41.0. The number of carbonyl (C=O) groups excluding carboxylic acids is 1. The average molecular weight is 803 g/mol. The molecule has 0 aromatic carbocycles. The van der Waals surface area contributed by atoms with Crippen LogP contribution in [0, 0.1) is 74.4 Å². The van der Waals surface area contributed by atoms with Crippen molar-refractivity contribution in [2.45, 2.75) is 170 Å². The molecule has 0 aromatic heterocycles. The van der Waals surface area contributed by atoms with Gasteiger partial charge in [-0.05, 0) is 148 Å². The van der Waals surface area contributed by atoms with Crippen molar-refractivity contribution < 1.29 is 33.0 Å². The monoisotopic (exact) mass is 803 g/mol. The summed E-state index contributed by atoms with van der Waals surface area (Å²) in [6.45, 7) is 25.2. The molecule has 7 aliphatic rings. The highest BCUT2D eigenvalue weighted by Crippen LogP contribution is 2.76. The standard InChI is InChI=1S/C46H78N2O7S/c1-28(2)30-13-19-46(47-22-16-34(29(3)49)48-23-25-56(53,54)26-24-48)21-20-44(9)31(38(30)46)11-12-36-43(8)17-15-37(42(6,7)35(43)14-18-45(36,44)10)55-40(52)33-27-32(39(50)51)41(33,4)5/h28-38,47,49H,11-27H2,1-10H3,(H,50,51)/t29-,30-,31+,32-,33+,34-,35-,36+,37-,38+,43-,44+,45+,46-/m0/s1. The molecule has 14 atom stereocenters. The molecule has 7 fully saturated rings. The van der Waals surface area contributed by atoms with Gasteiger partial charge in [0.25, 0.3) is 0 Å². The molecule has 7 rings (SSSR count). The summed E-state index contributed by atoms with van der Waals surface area (Å²) < 4.78 is 30.8. The molecule has 1 aliphatic heterocycles. The van der Waals surface area contributed by atoms with E-state index >= 15 is 0 Å². The normalized spacial score (nSPS) is 46.3. The molecule has 1 saturated heterocycles. The largest absolute Gasteiger partial charge is 0.481 e. The third-order valence-electron chi connectivity index (χ3n) is 19.7. The number of aliphatic hydroxyl groups excluding tert-OH is 1. The lowest BCUT2D eigenvalue weighted by Crippen LogP contribution is -2.69. The van der Waals surface area contributed by atoms with E-state index in [0.717, 1.165) is 32.2 Å². The fraction of sp³-hybridized carbons (Fsp3) is 0.957. The maximum Gasteiger partial charge on any atom is 0.309 e. The van der Waals surface area contributed by atoms with E-state index in [1.54, 1.807) is 0 Å². The minimum atomic E-state index is -2.98. The summed E-state index contributed by atoms with van der Waals surface area (Å²) in [6, 6.07) is -0.0357. The Hall–Kier alpha value is -1.23. The number of rotatable bonds is 10. The highest BCUT2D eigenvalue weighted by Gasteiger charge is 2.71. The zero-order valence-electron chi connectivity index (χ0n) is 36.7. The van der Waals surface area contributed by atoms with Crippen LogP contribution >= 0.6 is 0 Å². The third-order valence-corrected chi connectivity index (χ3v) is 21.3. The molecule has 0 unspecified atom stereocenters. The number of carboxylic acid groups (broad SMARTS) is 1. The Labute approximate surface area is 339 Å². The number of esters is 1. The fourth-order valence-electron chi connectivity index (χ4n) is 16.1. The van der Waals surface area contributed by atoms with Crippen LogP contribution in [-0.2, 0) is 24.2 Å². The summed E-state index contributed by atoms with van der Waals surface area (Å²) in [6.07, 6.45) is 12.3. The molecular formula is C46H78N2O7S. The minimum Gasteiger partial charge on any atom is -0.481 e. The highest BCUT2D eigenvalue weighted by atomic mass is 32.2. The van der Waals surface area contributed by atoms with E-state index in [1.165, 1.54) is 44.9 Å². The van der Waals surface area contributed by atoms with Crippen molar-refractivity contribution in [2.24, 2.45) is 74.4 Å². The van der Waals surface area contributed by atoms with Crippen molar-refractivity contribution in [3.8, 4) is 0 Å².